The molecule has 4 aromatic rings. The number of carboxylic acids is 2. The van der Waals surface area contributed by atoms with Gasteiger partial charge in [-0.25, -0.2) is 9.78 Å². The number of fused-ring (bicyclic) bond motifs is 2. The first-order chi connectivity index (χ1) is 14.9. The summed E-state index contributed by atoms with van der Waals surface area (Å²) in [5, 5.41) is 23.1. The first-order valence-corrected chi connectivity index (χ1v) is 9.84. The van der Waals surface area contributed by atoms with E-state index < -0.39 is 30.7 Å². The zero-order valence-electron chi connectivity index (χ0n) is 18.1. The number of thiazole rings is 1. The first-order valence-electron chi connectivity index (χ1n) is 9.02. The molecule has 9 nitrogen and oxygen atoms in total. The monoisotopic (exact) mass is 516 g/mol. The molecular formula is C21H14K2N2O7S. The van der Waals surface area contributed by atoms with Gasteiger partial charge in [-0.15, -0.1) is 11.3 Å². The Morgan fingerprint density at radius 2 is 1.76 bits per heavy atom. The van der Waals surface area contributed by atoms with E-state index in [1.807, 2.05) is 24.3 Å². The number of hydrogen-bond donors (Lipinski definition) is 0. The normalized spacial score (nSPS) is 10.3. The molecule has 0 aliphatic heterocycles. The number of carbonyl (C=O) groups is 2. The fraction of sp³-hybridized carbons (Fsp3) is 0.143. The fourth-order valence-corrected chi connectivity index (χ4v) is 4.19. The topological polar surface area (TPSA) is 136 Å². The summed E-state index contributed by atoms with van der Waals surface area (Å²) in [5.41, 5.74) is 0.639. The molecule has 158 valence electrons. The van der Waals surface area contributed by atoms with E-state index in [9.17, 15) is 24.6 Å². The van der Waals surface area contributed by atoms with Crippen LogP contribution in [0.5, 0.6) is 5.75 Å². The van der Waals surface area contributed by atoms with Gasteiger partial charge in [-0.05, 0) is 24.3 Å². The molecule has 2 aromatic heterocycles. The molecule has 4 rings (SSSR count). The molecule has 2 aromatic carbocycles. The van der Waals surface area contributed by atoms with Crippen LogP contribution in [-0.4, -0.2) is 37.1 Å². The van der Waals surface area contributed by atoms with E-state index in [1.54, 1.807) is 6.07 Å². The van der Waals surface area contributed by atoms with Gasteiger partial charge in [0, 0.05) is 11.5 Å². The molecule has 0 bridgehead atoms. The van der Waals surface area contributed by atoms with Gasteiger partial charge in [0.05, 0.1) is 53.6 Å². The molecule has 0 saturated carbocycles. The molecule has 0 aliphatic carbocycles. The van der Waals surface area contributed by atoms with Crippen LogP contribution in [0.15, 0.2) is 51.7 Å². The number of carboxylic acid groups (broad SMARTS) is 2. The standard InChI is InChI=1S/C21H16N2O7S.2K/c1-29-16-7-11-6-12(20-22-13-4-2-3-5-17(13)31-20)21(28)30-15(11)8-14(16)23(9-18(24)25)10-19(26)27;;/h2-8H,9-10H2,1H3,(H,24,25)(H,26,27);;/q;2*+1/p-2. The van der Waals surface area contributed by atoms with Gasteiger partial charge in [0.25, 0.3) is 0 Å². The summed E-state index contributed by atoms with van der Waals surface area (Å²) >= 11 is 1.35. The van der Waals surface area contributed by atoms with E-state index in [4.69, 9.17) is 9.15 Å². The van der Waals surface area contributed by atoms with Crippen molar-refractivity contribution < 1.29 is 132 Å². The van der Waals surface area contributed by atoms with Gasteiger partial charge in [-0.1, -0.05) is 12.1 Å². The van der Waals surface area contributed by atoms with Crippen LogP contribution >= 0.6 is 11.3 Å². The number of anilines is 1. The van der Waals surface area contributed by atoms with Crippen LogP contribution in [0.1, 0.15) is 0 Å². The first kappa shape index (κ1) is 28.6. The largest absolute Gasteiger partial charge is 1.00 e. The maximum Gasteiger partial charge on any atom is 1.00 e. The van der Waals surface area contributed by atoms with Crippen LogP contribution in [0, 0.1) is 0 Å². The maximum absolute atomic E-state index is 12.6. The van der Waals surface area contributed by atoms with Crippen molar-refractivity contribution in [3.8, 4) is 16.3 Å². The number of nitrogens with zero attached hydrogens (tertiary/aromatic N) is 2. The van der Waals surface area contributed by atoms with Crippen LogP contribution in [0.3, 0.4) is 0 Å². The minimum Gasteiger partial charge on any atom is -0.548 e. The third kappa shape index (κ3) is 6.52. The van der Waals surface area contributed by atoms with Gasteiger partial charge in [-0.2, -0.15) is 0 Å². The van der Waals surface area contributed by atoms with Crippen molar-refractivity contribution in [2.24, 2.45) is 0 Å². The third-order valence-electron chi connectivity index (χ3n) is 4.54. The Morgan fingerprint density at radius 3 is 2.36 bits per heavy atom. The van der Waals surface area contributed by atoms with E-state index in [0.29, 0.717) is 10.4 Å². The number of carbonyl (C=O) groups excluding carboxylic acids is 2. The summed E-state index contributed by atoms with van der Waals surface area (Å²) in [4.78, 5) is 40.3. The van der Waals surface area contributed by atoms with Gasteiger partial charge in [0.15, 0.2) is 0 Å². The van der Waals surface area contributed by atoms with Crippen molar-refractivity contribution in [1.29, 1.82) is 0 Å². The van der Waals surface area contributed by atoms with Crippen molar-refractivity contribution >= 4 is 50.1 Å². The number of aliphatic carboxylic acids is 2. The summed E-state index contributed by atoms with van der Waals surface area (Å²) in [7, 11) is 1.36. The number of para-hydroxylation sites is 1. The summed E-state index contributed by atoms with van der Waals surface area (Å²) in [6.45, 7) is -1.44. The van der Waals surface area contributed by atoms with Gasteiger partial charge < -0.3 is 33.9 Å². The molecular weight excluding hydrogens is 503 g/mol. The van der Waals surface area contributed by atoms with E-state index in [2.05, 4.69) is 4.98 Å². The maximum atomic E-state index is 12.6. The zero-order valence-corrected chi connectivity index (χ0v) is 25.2. The molecule has 2 heterocycles. The Morgan fingerprint density at radius 1 is 1.09 bits per heavy atom. The predicted octanol–water partition coefficient (Wildman–Crippen LogP) is -5.61. The van der Waals surface area contributed by atoms with Gasteiger partial charge in [-0.3, -0.25) is 0 Å². The molecule has 0 amide bonds. The van der Waals surface area contributed by atoms with Crippen LogP contribution in [0.25, 0.3) is 31.8 Å². The van der Waals surface area contributed by atoms with Crippen molar-refractivity contribution in [2.75, 3.05) is 25.1 Å². The van der Waals surface area contributed by atoms with E-state index in [0.717, 1.165) is 15.1 Å². The molecule has 0 saturated heterocycles. The SMILES string of the molecule is COc1cc2cc(-c3nc4ccccc4s3)c(=O)oc2cc1N(CC(=O)[O-])CC(=O)[O-].[K+].[K+]. The Balaban J connectivity index is 0.00000193. The van der Waals surface area contributed by atoms with Crippen LogP contribution in [0.2, 0.25) is 0 Å². The zero-order chi connectivity index (χ0) is 22.1. The van der Waals surface area contributed by atoms with Crippen molar-refractivity contribution in [2.45, 2.75) is 0 Å². The van der Waals surface area contributed by atoms with E-state index in [1.165, 1.54) is 30.6 Å². The second-order valence-corrected chi connectivity index (χ2v) is 7.63. The van der Waals surface area contributed by atoms with Crippen molar-refractivity contribution in [1.82, 2.24) is 4.98 Å². The minimum absolute atomic E-state index is 0. The average Bonchev–Trinajstić information content (AvgIpc) is 3.15. The molecule has 0 radical (unpaired) electrons. The molecule has 0 atom stereocenters. The molecule has 0 aliphatic rings. The number of aromatic nitrogens is 1. The van der Waals surface area contributed by atoms with Crippen LogP contribution in [-0.2, 0) is 9.59 Å². The third-order valence-corrected chi connectivity index (χ3v) is 5.61. The molecule has 12 heteroatoms. The summed E-state index contributed by atoms with van der Waals surface area (Å²) in [6.07, 6.45) is 0. The second-order valence-electron chi connectivity index (χ2n) is 6.60. The van der Waals surface area contributed by atoms with Gasteiger partial charge in [0.2, 0.25) is 0 Å². The van der Waals surface area contributed by atoms with Crippen LogP contribution in [0.4, 0.5) is 5.69 Å². The predicted molar refractivity (Wildman–Crippen MR) is 110 cm³/mol. The smallest absolute Gasteiger partial charge is 0.548 e. The van der Waals surface area contributed by atoms with Crippen molar-refractivity contribution in [3.05, 3.63) is 52.9 Å². The van der Waals surface area contributed by atoms with E-state index >= 15 is 0 Å². The Kier molecular flexibility index (Phi) is 10.7. The summed E-state index contributed by atoms with van der Waals surface area (Å²) < 4.78 is 11.7. The Bertz CT molecular complexity index is 1340. The number of ether oxygens (including phenoxy) is 1. The van der Waals surface area contributed by atoms with Crippen LogP contribution < -0.4 is 128 Å². The number of rotatable bonds is 7. The molecule has 33 heavy (non-hydrogen) atoms. The summed E-state index contributed by atoms with van der Waals surface area (Å²) in [5.74, 6) is -2.79. The fourth-order valence-electron chi connectivity index (χ4n) is 3.22. The van der Waals surface area contributed by atoms with Gasteiger partial charge in [0.1, 0.15) is 16.3 Å². The Labute approximate surface area is 276 Å². The molecule has 0 N–H and O–H groups in total. The summed E-state index contributed by atoms with van der Waals surface area (Å²) in [6, 6.07) is 12.0. The number of hydrogen-bond acceptors (Lipinski definition) is 10. The molecule has 0 unspecified atom stereocenters. The average molecular weight is 517 g/mol. The number of methoxy groups -OCH3 is 1. The molecule has 0 fully saturated rings. The quantitative estimate of drug-likeness (QED) is 0.174. The number of benzene rings is 2. The minimum atomic E-state index is -1.49. The van der Waals surface area contributed by atoms with Gasteiger partial charge >= 0.3 is 108 Å². The molecule has 0 spiro atoms. The second kappa shape index (κ2) is 12.4. The van der Waals surface area contributed by atoms with E-state index in [-0.39, 0.29) is 125 Å². The Hall–Kier alpha value is -0.647. The van der Waals surface area contributed by atoms with Crippen molar-refractivity contribution in [3.63, 3.8) is 0 Å².